The smallest absolute Gasteiger partial charge is 0.322 e. The minimum absolute atomic E-state index is 0. The SMILES string of the molecule is Cl.NCC1(c2cccnn2)NC(=O)NC1=O. The lowest BCUT2D eigenvalue weighted by molar-refractivity contribution is -0.124. The van der Waals surface area contributed by atoms with E-state index in [-0.39, 0.29) is 19.0 Å². The standard InChI is InChI=1S/C8H9N5O2.ClH/c9-4-8(5-2-1-3-10-13-5)6(14)11-7(15)12-8;/h1-3H,4,9H2,(H2,11,12,14,15);1H. The quantitative estimate of drug-likeness (QED) is 0.571. The van der Waals surface area contributed by atoms with Crippen molar-refractivity contribution in [2.75, 3.05) is 6.54 Å². The highest BCUT2D eigenvalue weighted by molar-refractivity contribution is 6.07. The minimum Gasteiger partial charge on any atom is -0.327 e. The molecule has 1 unspecified atom stereocenters. The molecule has 3 amide bonds. The van der Waals surface area contributed by atoms with Crippen LogP contribution in [0.25, 0.3) is 0 Å². The van der Waals surface area contributed by atoms with Crippen LogP contribution in [0.1, 0.15) is 5.69 Å². The number of hydrogen-bond acceptors (Lipinski definition) is 5. The number of nitrogens with one attached hydrogen (secondary N) is 2. The zero-order valence-corrected chi connectivity index (χ0v) is 8.95. The third-order valence-corrected chi connectivity index (χ3v) is 2.26. The van der Waals surface area contributed by atoms with Crippen LogP contribution < -0.4 is 16.4 Å². The summed E-state index contributed by atoms with van der Waals surface area (Å²) in [5.41, 5.74) is 4.55. The second kappa shape index (κ2) is 4.42. The van der Waals surface area contributed by atoms with Gasteiger partial charge < -0.3 is 11.1 Å². The number of rotatable bonds is 2. The van der Waals surface area contributed by atoms with E-state index in [2.05, 4.69) is 20.8 Å². The number of aromatic nitrogens is 2. The lowest BCUT2D eigenvalue weighted by Crippen LogP contribution is -2.50. The van der Waals surface area contributed by atoms with Gasteiger partial charge in [0.1, 0.15) is 0 Å². The lowest BCUT2D eigenvalue weighted by Gasteiger charge is -2.22. The van der Waals surface area contributed by atoms with E-state index in [0.717, 1.165) is 0 Å². The van der Waals surface area contributed by atoms with Crippen LogP contribution in [0.4, 0.5) is 4.79 Å². The van der Waals surface area contributed by atoms with Gasteiger partial charge in [-0.15, -0.1) is 12.4 Å². The Balaban J connectivity index is 0.00000128. The third kappa shape index (κ3) is 1.70. The molecule has 2 rings (SSSR count). The average Bonchev–Trinajstić information content (AvgIpc) is 2.56. The molecule has 1 fully saturated rings. The van der Waals surface area contributed by atoms with E-state index in [1.54, 1.807) is 12.1 Å². The largest absolute Gasteiger partial charge is 0.327 e. The predicted octanol–water partition coefficient (Wildman–Crippen LogP) is -1.11. The van der Waals surface area contributed by atoms with Crippen LogP contribution in [0.15, 0.2) is 18.3 Å². The van der Waals surface area contributed by atoms with Crippen LogP contribution in [0.2, 0.25) is 0 Å². The monoisotopic (exact) mass is 243 g/mol. The molecule has 1 aromatic heterocycles. The molecule has 0 radical (unpaired) electrons. The molecule has 1 aliphatic heterocycles. The molecular formula is C8H10ClN5O2. The highest BCUT2D eigenvalue weighted by atomic mass is 35.5. The van der Waals surface area contributed by atoms with Crippen molar-refractivity contribution in [3.63, 3.8) is 0 Å². The van der Waals surface area contributed by atoms with Gasteiger partial charge in [-0.05, 0) is 12.1 Å². The van der Waals surface area contributed by atoms with Crippen LogP contribution in [-0.2, 0) is 10.3 Å². The highest BCUT2D eigenvalue weighted by Crippen LogP contribution is 2.20. The molecule has 1 saturated heterocycles. The number of amides is 3. The van der Waals surface area contributed by atoms with Gasteiger partial charge in [0.25, 0.3) is 5.91 Å². The summed E-state index contributed by atoms with van der Waals surface area (Å²) in [4.78, 5) is 22.7. The Morgan fingerprint density at radius 2 is 2.19 bits per heavy atom. The first-order valence-corrected chi connectivity index (χ1v) is 4.31. The Labute approximate surface area is 97.2 Å². The van der Waals surface area contributed by atoms with Crippen molar-refractivity contribution >= 4 is 24.3 Å². The maximum Gasteiger partial charge on any atom is 0.322 e. The van der Waals surface area contributed by atoms with E-state index < -0.39 is 17.5 Å². The summed E-state index contributed by atoms with van der Waals surface area (Å²) in [6.07, 6.45) is 1.47. The number of hydrogen-bond donors (Lipinski definition) is 3. The Hall–Kier alpha value is -1.73. The maximum absolute atomic E-state index is 11.6. The fourth-order valence-corrected chi connectivity index (χ4v) is 1.45. The summed E-state index contributed by atoms with van der Waals surface area (Å²) in [6, 6.07) is 2.64. The van der Waals surface area contributed by atoms with Gasteiger partial charge in [0.05, 0.1) is 5.69 Å². The molecule has 4 N–H and O–H groups in total. The van der Waals surface area contributed by atoms with Crippen molar-refractivity contribution in [2.45, 2.75) is 5.54 Å². The van der Waals surface area contributed by atoms with E-state index in [1.807, 2.05) is 0 Å². The van der Waals surface area contributed by atoms with Crippen molar-refractivity contribution < 1.29 is 9.59 Å². The minimum atomic E-state index is -1.29. The maximum atomic E-state index is 11.6. The Morgan fingerprint density at radius 3 is 2.62 bits per heavy atom. The number of halogens is 1. The molecule has 0 aliphatic carbocycles. The summed E-state index contributed by atoms with van der Waals surface area (Å²) in [6.45, 7) is -0.0662. The van der Waals surface area contributed by atoms with Crippen molar-refractivity contribution in [1.82, 2.24) is 20.8 Å². The van der Waals surface area contributed by atoms with Crippen LogP contribution >= 0.6 is 12.4 Å². The molecular weight excluding hydrogens is 234 g/mol. The molecule has 1 aromatic rings. The average molecular weight is 244 g/mol. The van der Waals surface area contributed by atoms with Gasteiger partial charge >= 0.3 is 6.03 Å². The molecule has 7 nitrogen and oxygen atoms in total. The topological polar surface area (TPSA) is 110 Å². The lowest BCUT2D eigenvalue weighted by atomic mass is 9.95. The summed E-state index contributed by atoms with van der Waals surface area (Å²) < 4.78 is 0. The van der Waals surface area contributed by atoms with Crippen LogP contribution in [0.3, 0.4) is 0 Å². The highest BCUT2D eigenvalue weighted by Gasteiger charge is 2.48. The first kappa shape index (κ1) is 12.3. The summed E-state index contributed by atoms with van der Waals surface area (Å²) >= 11 is 0. The first-order valence-electron chi connectivity index (χ1n) is 4.31. The molecule has 0 spiro atoms. The number of nitrogens with two attached hydrogens (primary N) is 1. The van der Waals surface area contributed by atoms with E-state index in [0.29, 0.717) is 5.69 Å². The van der Waals surface area contributed by atoms with Gasteiger partial charge in [0, 0.05) is 12.7 Å². The van der Waals surface area contributed by atoms with Crippen LogP contribution in [-0.4, -0.2) is 28.7 Å². The fraction of sp³-hybridized carbons (Fsp3) is 0.250. The fourth-order valence-electron chi connectivity index (χ4n) is 1.45. The molecule has 1 atom stereocenters. The number of carbonyl (C=O) groups excluding carboxylic acids is 2. The molecule has 0 saturated carbocycles. The van der Waals surface area contributed by atoms with Gasteiger partial charge in [-0.1, -0.05) is 0 Å². The second-order valence-electron chi connectivity index (χ2n) is 3.13. The molecule has 8 heteroatoms. The third-order valence-electron chi connectivity index (χ3n) is 2.26. The number of imide groups is 1. The van der Waals surface area contributed by atoms with Gasteiger partial charge in [0.2, 0.25) is 0 Å². The van der Waals surface area contributed by atoms with Crippen LogP contribution in [0.5, 0.6) is 0 Å². The predicted molar refractivity (Wildman–Crippen MR) is 56.7 cm³/mol. The van der Waals surface area contributed by atoms with Gasteiger partial charge in [0.15, 0.2) is 5.54 Å². The van der Waals surface area contributed by atoms with Crippen molar-refractivity contribution in [3.05, 3.63) is 24.0 Å². The molecule has 2 heterocycles. The zero-order valence-electron chi connectivity index (χ0n) is 8.14. The van der Waals surface area contributed by atoms with E-state index in [9.17, 15) is 9.59 Å². The van der Waals surface area contributed by atoms with Gasteiger partial charge in [-0.25, -0.2) is 4.79 Å². The molecule has 1 aliphatic rings. The number of nitrogens with zero attached hydrogens (tertiary/aromatic N) is 2. The van der Waals surface area contributed by atoms with Crippen molar-refractivity contribution in [3.8, 4) is 0 Å². The van der Waals surface area contributed by atoms with Crippen LogP contribution in [0, 0.1) is 0 Å². The van der Waals surface area contributed by atoms with Crippen molar-refractivity contribution in [2.24, 2.45) is 5.73 Å². The second-order valence-corrected chi connectivity index (χ2v) is 3.13. The number of carbonyl (C=O) groups is 2. The molecule has 86 valence electrons. The summed E-state index contributed by atoms with van der Waals surface area (Å²) in [5.74, 6) is -0.504. The molecule has 0 bridgehead atoms. The number of urea groups is 1. The van der Waals surface area contributed by atoms with Gasteiger partial charge in [-0.2, -0.15) is 10.2 Å². The van der Waals surface area contributed by atoms with Gasteiger partial charge in [-0.3, -0.25) is 10.1 Å². The summed E-state index contributed by atoms with van der Waals surface area (Å²) in [7, 11) is 0. The molecule has 16 heavy (non-hydrogen) atoms. The van der Waals surface area contributed by atoms with E-state index in [4.69, 9.17) is 5.73 Å². The Kier molecular flexibility index (Phi) is 3.41. The zero-order chi connectivity index (χ0) is 10.9. The Morgan fingerprint density at radius 1 is 1.44 bits per heavy atom. The Bertz CT molecular complexity index is 412. The van der Waals surface area contributed by atoms with E-state index >= 15 is 0 Å². The first-order chi connectivity index (χ1) is 7.19. The summed E-state index contributed by atoms with van der Waals surface area (Å²) in [5, 5.41) is 12.0. The van der Waals surface area contributed by atoms with Crippen molar-refractivity contribution in [1.29, 1.82) is 0 Å². The molecule has 0 aromatic carbocycles. The normalized spacial score (nSPS) is 23.3. The van der Waals surface area contributed by atoms with E-state index in [1.165, 1.54) is 6.20 Å².